The third-order valence-corrected chi connectivity index (χ3v) is 10.4. The van der Waals surface area contributed by atoms with Gasteiger partial charge in [-0.2, -0.15) is 0 Å². The van der Waals surface area contributed by atoms with E-state index < -0.39 is 16.1 Å². The van der Waals surface area contributed by atoms with Gasteiger partial charge in [0.1, 0.15) is 17.9 Å². The maximum Gasteiger partial charge on any atom is 0.285 e. The van der Waals surface area contributed by atoms with Gasteiger partial charge in [-0.15, -0.1) is 5.92 Å². The van der Waals surface area contributed by atoms with Crippen molar-refractivity contribution in [2.45, 2.75) is 30.9 Å². The minimum absolute atomic E-state index is 0.00953. The first-order chi connectivity index (χ1) is 26.0. The average molecular weight is 724 g/mol. The van der Waals surface area contributed by atoms with Gasteiger partial charge in [0.05, 0.1) is 76.4 Å². The zero-order chi connectivity index (χ0) is 36.7. The summed E-state index contributed by atoms with van der Waals surface area (Å²) in [5, 5.41) is 12.0. The Hall–Kier alpha value is -4.77. The predicted octanol–water partition coefficient (Wildman–Crippen LogP) is 4.55. The van der Waals surface area contributed by atoms with Crippen molar-refractivity contribution in [2.24, 2.45) is 0 Å². The highest BCUT2D eigenvalue weighted by molar-refractivity contribution is 5.86. The number of anilines is 1. The Balaban J connectivity index is 1.23. The number of fused-ring (bicyclic) bond motifs is 5. The van der Waals surface area contributed by atoms with Crippen molar-refractivity contribution in [1.82, 2.24) is 4.90 Å². The van der Waals surface area contributed by atoms with Crippen molar-refractivity contribution in [3.63, 3.8) is 0 Å². The van der Waals surface area contributed by atoms with Crippen LogP contribution < -0.4 is 9.64 Å². The van der Waals surface area contributed by atoms with E-state index in [1.807, 2.05) is 24.3 Å². The van der Waals surface area contributed by atoms with E-state index >= 15 is 0 Å². The Labute approximate surface area is 309 Å². The van der Waals surface area contributed by atoms with Crippen molar-refractivity contribution < 1.29 is 38.1 Å². The number of hydrogen-bond donors (Lipinski definition) is 0. The first-order valence-electron chi connectivity index (χ1n) is 18.2. The first kappa shape index (κ1) is 36.6. The molecule has 3 aromatic rings. The van der Waals surface area contributed by atoms with Crippen LogP contribution in [0.15, 0.2) is 66.7 Å². The van der Waals surface area contributed by atoms with E-state index in [-0.39, 0.29) is 18.1 Å². The lowest BCUT2D eigenvalue weighted by atomic mass is 9.70. The molecule has 12 heteroatoms. The number of nitrogens with zero attached hydrogens (tertiary/aromatic N) is 3. The molecule has 53 heavy (non-hydrogen) atoms. The van der Waals surface area contributed by atoms with Gasteiger partial charge in [0.15, 0.2) is 0 Å². The van der Waals surface area contributed by atoms with Gasteiger partial charge in [0, 0.05) is 30.4 Å². The SMILES string of the molecule is CC#Cc1c([N+](=O)[O-])ccc2c1C=C[C@@]1(O2)N(CC(=O)N2CCOCCOCCOCCOCCOCC2)c2ccccc2C12Cc1ccccc1C2. The number of carbonyl (C=O) groups excluding carboxylic acids is 1. The number of nitro groups is 1. The molecule has 12 nitrogen and oxygen atoms in total. The smallest absolute Gasteiger partial charge is 0.285 e. The summed E-state index contributed by atoms with van der Waals surface area (Å²) in [6.45, 7) is 6.60. The average Bonchev–Trinajstić information content (AvgIpc) is 3.66. The van der Waals surface area contributed by atoms with E-state index in [1.165, 1.54) is 17.2 Å². The molecule has 0 unspecified atom stereocenters. The Morgan fingerprint density at radius 1 is 0.792 bits per heavy atom. The predicted molar refractivity (Wildman–Crippen MR) is 198 cm³/mol. The number of rotatable bonds is 3. The molecule has 0 bridgehead atoms. The van der Waals surface area contributed by atoms with Crippen molar-refractivity contribution in [3.05, 3.63) is 105 Å². The van der Waals surface area contributed by atoms with Gasteiger partial charge in [-0.1, -0.05) is 48.4 Å². The molecule has 0 radical (unpaired) electrons. The molecular formula is C41H45N3O9. The first-order valence-corrected chi connectivity index (χ1v) is 18.2. The van der Waals surface area contributed by atoms with Crippen molar-refractivity contribution in [3.8, 4) is 17.6 Å². The molecule has 3 aromatic carbocycles. The molecule has 0 saturated carbocycles. The molecule has 1 aliphatic carbocycles. The van der Waals surface area contributed by atoms with Crippen LogP contribution >= 0.6 is 0 Å². The minimum atomic E-state index is -1.15. The number of hydrogen-bond acceptors (Lipinski definition) is 10. The molecule has 278 valence electrons. The fraction of sp³-hybridized carbons (Fsp3) is 0.439. The number of para-hydroxylation sites is 1. The number of benzene rings is 3. The molecule has 2 spiro atoms. The lowest BCUT2D eigenvalue weighted by Gasteiger charge is -2.48. The Kier molecular flexibility index (Phi) is 11.4. The van der Waals surface area contributed by atoms with Gasteiger partial charge in [0.2, 0.25) is 11.6 Å². The van der Waals surface area contributed by atoms with Crippen LogP contribution in [0.4, 0.5) is 11.4 Å². The molecule has 1 saturated heterocycles. The lowest BCUT2D eigenvalue weighted by molar-refractivity contribution is -0.385. The summed E-state index contributed by atoms with van der Waals surface area (Å²) in [7, 11) is 0. The summed E-state index contributed by atoms with van der Waals surface area (Å²) < 4.78 is 35.7. The molecule has 0 aromatic heterocycles. The quantitative estimate of drug-likeness (QED) is 0.216. The summed E-state index contributed by atoms with van der Waals surface area (Å²) in [4.78, 5) is 30.1. The highest BCUT2D eigenvalue weighted by Crippen LogP contribution is 2.60. The van der Waals surface area contributed by atoms with Crippen LogP contribution in [0.2, 0.25) is 0 Å². The maximum atomic E-state index is 14.6. The molecule has 7 rings (SSSR count). The van der Waals surface area contributed by atoms with E-state index in [0.29, 0.717) is 109 Å². The molecule has 4 aliphatic rings. The minimum Gasteiger partial charge on any atom is -0.463 e. The summed E-state index contributed by atoms with van der Waals surface area (Å²) in [6, 6.07) is 19.7. The Morgan fingerprint density at radius 3 is 1.94 bits per heavy atom. The van der Waals surface area contributed by atoms with Crippen LogP contribution in [0.3, 0.4) is 0 Å². The third-order valence-electron chi connectivity index (χ3n) is 10.4. The van der Waals surface area contributed by atoms with Crippen LogP contribution in [0.25, 0.3) is 6.08 Å². The second-order valence-corrected chi connectivity index (χ2v) is 13.4. The van der Waals surface area contributed by atoms with Crippen LogP contribution in [-0.4, -0.2) is 107 Å². The highest BCUT2D eigenvalue weighted by atomic mass is 16.6. The second kappa shape index (κ2) is 16.5. The zero-order valence-corrected chi connectivity index (χ0v) is 30.1. The molecule has 3 aliphatic heterocycles. The van der Waals surface area contributed by atoms with E-state index in [1.54, 1.807) is 17.9 Å². The van der Waals surface area contributed by atoms with Gasteiger partial charge in [0.25, 0.3) is 5.69 Å². The molecule has 1 atom stereocenters. The lowest BCUT2D eigenvalue weighted by Crippen LogP contribution is -2.64. The van der Waals surface area contributed by atoms with E-state index in [9.17, 15) is 14.9 Å². The molecular weight excluding hydrogens is 678 g/mol. The van der Waals surface area contributed by atoms with Crippen molar-refractivity contribution in [2.75, 3.05) is 90.6 Å². The third kappa shape index (κ3) is 7.28. The summed E-state index contributed by atoms with van der Waals surface area (Å²) in [5.74, 6) is 6.15. The number of amides is 1. The largest absolute Gasteiger partial charge is 0.463 e. The maximum absolute atomic E-state index is 14.6. The topological polar surface area (TPSA) is 122 Å². The van der Waals surface area contributed by atoms with E-state index in [4.69, 9.17) is 28.4 Å². The van der Waals surface area contributed by atoms with E-state index in [2.05, 4.69) is 53.1 Å². The standard InChI is InChI=1S/C41H45N3O9/c1-2-7-33-34-14-15-41(53-38(34)13-12-36(33)44(46)47)40(28-31-8-3-4-9-32(31)29-40)35-10-5-6-11-37(35)43(41)30-39(45)42-16-18-48-20-22-50-24-26-52-27-25-51-23-21-49-19-17-42/h3-6,8-15H,16-30H2,1H3/t41-/m0/s1. The molecule has 1 fully saturated rings. The molecule has 0 N–H and O–H groups in total. The zero-order valence-electron chi connectivity index (χ0n) is 30.1. The highest BCUT2D eigenvalue weighted by Gasteiger charge is 2.65. The Morgan fingerprint density at radius 2 is 1.36 bits per heavy atom. The summed E-state index contributed by atoms with van der Waals surface area (Å²) in [5.41, 5.74) is 3.46. The van der Waals surface area contributed by atoms with Gasteiger partial charge >= 0.3 is 0 Å². The van der Waals surface area contributed by atoms with Gasteiger partial charge in [-0.3, -0.25) is 14.9 Å². The van der Waals surface area contributed by atoms with E-state index in [0.717, 1.165) is 11.3 Å². The monoisotopic (exact) mass is 723 g/mol. The summed E-state index contributed by atoms with van der Waals surface area (Å²) >= 11 is 0. The fourth-order valence-electron chi connectivity index (χ4n) is 7.99. The van der Waals surface area contributed by atoms with Crippen LogP contribution in [0.5, 0.6) is 5.75 Å². The van der Waals surface area contributed by atoms with Crippen LogP contribution in [0.1, 0.15) is 34.7 Å². The number of carbonyl (C=O) groups is 1. The summed E-state index contributed by atoms with van der Waals surface area (Å²) in [6.07, 6.45) is 5.26. The molecule has 1 amide bonds. The van der Waals surface area contributed by atoms with Gasteiger partial charge in [-0.05, 0) is 60.7 Å². The van der Waals surface area contributed by atoms with Crippen molar-refractivity contribution >= 4 is 23.4 Å². The molecule has 3 heterocycles. The second-order valence-electron chi connectivity index (χ2n) is 13.4. The van der Waals surface area contributed by atoms with Crippen molar-refractivity contribution in [1.29, 1.82) is 0 Å². The normalized spacial score (nSPS) is 21.8. The number of ether oxygens (including phenoxy) is 6. The number of nitro benzene ring substituents is 1. The Bertz CT molecular complexity index is 1860. The van der Waals surface area contributed by atoms with Crippen LogP contribution in [0, 0.1) is 22.0 Å². The fourth-order valence-corrected chi connectivity index (χ4v) is 7.99. The van der Waals surface area contributed by atoms with Gasteiger partial charge in [-0.25, -0.2) is 0 Å². The van der Waals surface area contributed by atoms with Gasteiger partial charge < -0.3 is 38.2 Å². The van der Waals surface area contributed by atoms with Crippen LogP contribution in [-0.2, 0) is 46.7 Å².